The molecule has 1 aliphatic rings. The van der Waals surface area contributed by atoms with Gasteiger partial charge in [-0.15, -0.1) is 0 Å². The first kappa shape index (κ1) is 14.9. The van der Waals surface area contributed by atoms with E-state index in [9.17, 15) is 5.11 Å². The summed E-state index contributed by atoms with van der Waals surface area (Å²) >= 11 is 0. The molecule has 20 heavy (non-hydrogen) atoms. The summed E-state index contributed by atoms with van der Waals surface area (Å²) in [6.45, 7) is 5.52. The highest BCUT2D eigenvalue weighted by molar-refractivity contribution is 4.95. The van der Waals surface area contributed by atoms with Gasteiger partial charge >= 0.3 is 0 Å². The van der Waals surface area contributed by atoms with E-state index in [1.54, 1.807) is 0 Å². The number of morpholine rings is 1. The van der Waals surface area contributed by atoms with Crippen molar-refractivity contribution in [3.8, 4) is 6.07 Å². The van der Waals surface area contributed by atoms with Gasteiger partial charge in [0.05, 0.1) is 31.6 Å². The largest absolute Gasteiger partial charge is 0.392 e. The Morgan fingerprint density at radius 1 is 1.60 bits per heavy atom. The number of rotatable bonds is 6. The number of nitrogens with zero attached hydrogens (tertiary/aromatic N) is 4. The number of aromatic nitrogens is 2. The minimum Gasteiger partial charge on any atom is -0.392 e. The van der Waals surface area contributed by atoms with Gasteiger partial charge in [0.1, 0.15) is 6.10 Å². The van der Waals surface area contributed by atoms with Crippen LogP contribution in [0.25, 0.3) is 0 Å². The lowest BCUT2D eigenvalue weighted by molar-refractivity contribution is -0.0350. The molecular weight excluding hydrogens is 260 g/mol. The van der Waals surface area contributed by atoms with E-state index in [2.05, 4.69) is 22.0 Å². The van der Waals surface area contributed by atoms with E-state index in [4.69, 9.17) is 14.5 Å². The van der Waals surface area contributed by atoms with Crippen molar-refractivity contribution in [3.05, 3.63) is 11.7 Å². The van der Waals surface area contributed by atoms with Gasteiger partial charge in [-0.05, 0) is 13.0 Å². The Kier molecular flexibility index (Phi) is 5.47. The van der Waals surface area contributed by atoms with Crippen molar-refractivity contribution >= 4 is 0 Å². The van der Waals surface area contributed by atoms with E-state index in [1.807, 2.05) is 6.07 Å². The average molecular weight is 280 g/mol. The first-order chi connectivity index (χ1) is 9.72. The molecule has 2 atom stereocenters. The van der Waals surface area contributed by atoms with Gasteiger partial charge in [0.15, 0.2) is 0 Å². The average Bonchev–Trinajstić information content (AvgIpc) is 2.88. The summed E-state index contributed by atoms with van der Waals surface area (Å²) in [4.78, 5) is 6.57. The van der Waals surface area contributed by atoms with Gasteiger partial charge in [0.25, 0.3) is 0 Å². The Hall–Kier alpha value is -1.49. The number of ether oxygens (including phenoxy) is 1. The molecule has 2 heterocycles. The molecule has 1 fully saturated rings. The lowest BCUT2D eigenvalue weighted by atomic mass is 10.2. The summed E-state index contributed by atoms with van der Waals surface area (Å²) in [5.41, 5.74) is 0. The highest BCUT2D eigenvalue weighted by Gasteiger charge is 2.26. The van der Waals surface area contributed by atoms with E-state index >= 15 is 0 Å². The molecule has 7 heteroatoms. The highest BCUT2D eigenvalue weighted by Crippen LogP contribution is 2.20. The van der Waals surface area contributed by atoms with Crippen LogP contribution in [0.5, 0.6) is 0 Å². The Balaban J connectivity index is 1.92. The van der Waals surface area contributed by atoms with Gasteiger partial charge in [-0.3, -0.25) is 4.90 Å². The van der Waals surface area contributed by atoms with Gasteiger partial charge in [-0.1, -0.05) is 12.1 Å². The molecular formula is C13H20N4O3. The third kappa shape index (κ3) is 4.00. The minimum absolute atomic E-state index is 0.0575. The molecule has 1 aromatic heterocycles. The van der Waals surface area contributed by atoms with E-state index in [1.165, 1.54) is 0 Å². The molecule has 1 saturated heterocycles. The van der Waals surface area contributed by atoms with Gasteiger partial charge < -0.3 is 14.4 Å². The predicted octanol–water partition coefficient (Wildman–Crippen LogP) is 0.670. The molecule has 2 unspecified atom stereocenters. The number of hydrogen-bond acceptors (Lipinski definition) is 7. The standard InChI is InChI=1S/C13H20N4O3/c1-2-5-17-6-7-19-11(9-17)13-15-12(20-16-13)8-10(18)3-4-14/h10-11,18H,2-3,5-9H2,1H3. The molecule has 0 bridgehead atoms. The SMILES string of the molecule is CCCN1CCOC(c2noc(CC(O)CC#N)n2)C1. The summed E-state index contributed by atoms with van der Waals surface area (Å²) < 4.78 is 10.8. The Labute approximate surface area is 118 Å². The van der Waals surface area contributed by atoms with Crippen LogP contribution in [0.4, 0.5) is 0 Å². The molecule has 0 amide bonds. The number of aliphatic hydroxyl groups is 1. The second-order valence-corrected chi connectivity index (χ2v) is 4.93. The fraction of sp³-hybridized carbons (Fsp3) is 0.769. The van der Waals surface area contributed by atoms with Crippen LogP contribution in [0.3, 0.4) is 0 Å². The van der Waals surface area contributed by atoms with Crippen LogP contribution in [-0.2, 0) is 11.2 Å². The van der Waals surface area contributed by atoms with Crippen LogP contribution in [0.1, 0.15) is 37.6 Å². The minimum atomic E-state index is -0.767. The number of hydrogen-bond donors (Lipinski definition) is 1. The molecule has 7 nitrogen and oxygen atoms in total. The summed E-state index contributed by atoms with van der Waals surface area (Å²) in [6, 6.07) is 1.91. The summed E-state index contributed by atoms with van der Waals surface area (Å²) in [7, 11) is 0. The van der Waals surface area contributed by atoms with Crippen molar-refractivity contribution in [2.45, 2.75) is 38.4 Å². The molecule has 110 valence electrons. The van der Waals surface area contributed by atoms with Gasteiger partial charge in [0, 0.05) is 13.1 Å². The zero-order valence-electron chi connectivity index (χ0n) is 11.7. The molecule has 1 aromatic rings. The predicted molar refractivity (Wildman–Crippen MR) is 69.7 cm³/mol. The monoisotopic (exact) mass is 280 g/mol. The van der Waals surface area contributed by atoms with Crippen molar-refractivity contribution in [1.29, 1.82) is 5.26 Å². The fourth-order valence-corrected chi connectivity index (χ4v) is 2.24. The molecule has 0 spiro atoms. The third-order valence-corrected chi connectivity index (χ3v) is 3.20. The molecule has 0 aromatic carbocycles. The molecule has 0 saturated carbocycles. The maximum atomic E-state index is 9.54. The van der Waals surface area contributed by atoms with Crippen molar-refractivity contribution in [3.63, 3.8) is 0 Å². The van der Waals surface area contributed by atoms with Crippen molar-refractivity contribution < 1.29 is 14.4 Å². The van der Waals surface area contributed by atoms with Crippen LogP contribution >= 0.6 is 0 Å². The van der Waals surface area contributed by atoms with Gasteiger partial charge in [-0.25, -0.2) is 0 Å². The Morgan fingerprint density at radius 2 is 2.45 bits per heavy atom. The lowest BCUT2D eigenvalue weighted by Gasteiger charge is -2.30. The van der Waals surface area contributed by atoms with Crippen molar-refractivity contribution in [2.24, 2.45) is 0 Å². The van der Waals surface area contributed by atoms with Crippen LogP contribution in [0.2, 0.25) is 0 Å². The topological polar surface area (TPSA) is 95.4 Å². The second kappa shape index (κ2) is 7.33. The number of aliphatic hydroxyl groups excluding tert-OH is 1. The fourth-order valence-electron chi connectivity index (χ4n) is 2.24. The first-order valence-corrected chi connectivity index (χ1v) is 6.94. The van der Waals surface area contributed by atoms with E-state index < -0.39 is 6.10 Å². The zero-order chi connectivity index (χ0) is 14.4. The Morgan fingerprint density at radius 3 is 3.20 bits per heavy atom. The van der Waals surface area contributed by atoms with Crippen LogP contribution in [-0.4, -0.2) is 52.5 Å². The second-order valence-electron chi connectivity index (χ2n) is 4.93. The van der Waals surface area contributed by atoms with Crippen LogP contribution in [0.15, 0.2) is 4.52 Å². The molecule has 0 radical (unpaired) electrons. The lowest BCUT2D eigenvalue weighted by Crippen LogP contribution is -2.39. The van der Waals surface area contributed by atoms with E-state index in [0.29, 0.717) is 18.3 Å². The smallest absolute Gasteiger partial charge is 0.229 e. The molecule has 0 aliphatic carbocycles. The van der Waals surface area contributed by atoms with Crippen molar-refractivity contribution in [2.75, 3.05) is 26.2 Å². The first-order valence-electron chi connectivity index (χ1n) is 6.94. The summed E-state index contributed by atoms with van der Waals surface area (Å²) in [6.07, 6.45) is 0.413. The van der Waals surface area contributed by atoms with Crippen LogP contribution < -0.4 is 0 Å². The van der Waals surface area contributed by atoms with Crippen LogP contribution in [0, 0.1) is 11.3 Å². The summed E-state index contributed by atoms with van der Waals surface area (Å²) in [5, 5.41) is 22.0. The Bertz CT molecular complexity index is 455. The highest BCUT2D eigenvalue weighted by atomic mass is 16.5. The quantitative estimate of drug-likeness (QED) is 0.818. The summed E-state index contributed by atoms with van der Waals surface area (Å²) in [5.74, 6) is 0.865. The zero-order valence-corrected chi connectivity index (χ0v) is 11.7. The van der Waals surface area contributed by atoms with Gasteiger partial charge in [0.2, 0.25) is 11.7 Å². The molecule has 2 rings (SSSR count). The number of nitriles is 1. The van der Waals surface area contributed by atoms with Gasteiger partial charge in [-0.2, -0.15) is 10.2 Å². The maximum Gasteiger partial charge on any atom is 0.229 e. The van der Waals surface area contributed by atoms with E-state index in [0.717, 1.165) is 26.1 Å². The molecule has 1 aliphatic heterocycles. The van der Waals surface area contributed by atoms with Crippen molar-refractivity contribution in [1.82, 2.24) is 15.0 Å². The molecule has 1 N–H and O–H groups in total. The third-order valence-electron chi connectivity index (χ3n) is 3.20. The normalized spacial score (nSPS) is 21.6. The maximum absolute atomic E-state index is 9.54. The van der Waals surface area contributed by atoms with E-state index in [-0.39, 0.29) is 18.9 Å².